The summed E-state index contributed by atoms with van der Waals surface area (Å²) in [6, 6.07) is 0.843. The van der Waals surface area contributed by atoms with E-state index in [1.807, 2.05) is 4.90 Å². The molecule has 4 heteroatoms. The Labute approximate surface area is 95.8 Å². The number of nitrogens with zero attached hydrogens (tertiary/aromatic N) is 1. The Hall–Kier alpha value is 0.850. The van der Waals surface area contributed by atoms with Gasteiger partial charge in [0.1, 0.15) is 0 Å². The van der Waals surface area contributed by atoms with Crippen LogP contribution in [-0.4, -0.2) is 21.3 Å². The smallest absolute Gasteiger partial charge is 0.411 e. The summed E-state index contributed by atoms with van der Waals surface area (Å²) in [6.45, 7) is 8.38. The Bertz CT molecular complexity index is 118. The van der Waals surface area contributed by atoms with E-state index in [0.29, 0.717) is 16.4 Å². The van der Waals surface area contributed by atoms with Crippen LogP contribution in [0.2, 0.25) is 0 Å². The predicted octanol–water partition coefficient (Wildman–Crippen LogP) is 1.93. The zero-order valence-corrected chi connectivity index (χ0v) is 10.3. The molecule has 0 aromatic rings. The van der Waals surface area contributed by atoms with E-state index in [1.165, 1.54) is 0 Å². The van der Waals surface area contributed by atoms with Gasteiger partial charge >= 0.3 is 22.4 Å². The third-order valence-electron chi connectivity index (χ3n) is 1.32. The van der Waals surface area contributed by atoms with E-state index < -0.39 is 0 Å². The third kappa shape index (κ3) is 5.15. The van der Waals surface area contributed by atoms with E-state index in [9.17, 15) is 0 Å². The molecular formula is C7H14AgNS2. The van der Waals surface area contributed by atoms with Gasteiger partial charge in [-0.05, 0) is 27.7 Å². The molecule has 0 saturated carbocycles. The van der Waals surface area contributed by atoms with Crippen molar-refractivity contribution >= 4 is 29.2 Å². The maximum Gasteiger partial charge on any atom is 1.00 e. The predicted molar refractivity (Wildman–Crippen MR) is 52.1 cm³/mol. The van der Waals surface area contributed by atoms with Crippen molar-refractivity contribution in [3.63, 3.8) is 0 Å². The van der Waals surface area contributed by atoms with E-state index in [4.69, 9.17) is 24.8 Å². The fourth-order valence-corrected chi connectivity index (χ4v) is 1.86. The summed E-state index contributed by atoms with van der Waals surface area (Å²) in [4.78, 5) is 2.05. The Morgan fingerprint density at radius 2 is 1.45 bits per heavy atom. The molecule has 0 spiro atoms. The van der Waals surface area contributed by atoms with Crippen LogP contribution in [-0.2, 0) is 35.0 Å². The monoisotopic (exact) mass is 283 g/mol. The summed E-state index contributed by atoms with van der Waals surface area (Å²) < 4.78 is 0.574. The van der Waals surface area contributed by atoms with Gasteiger partial charge in [-0.25, -0.2) is 0 Å². The summed E-state index contributed by atoms with van der Waals surface area (Å²) in [5, 5.41) is 0. The molecule has 0 fully saturated rings. The van der Waals surface area contributed by atoms with E-state index in [1.54, 1.807) is 0 Å². The van der Waals surface area contributed by atoms with Crippen LogP contribution in [0.3, 0.4) is 0 Å². The molecule has 1 nitrogen and oxygen atoms in total. The minimum Gasteiger partial charge on any atom is -0.411 e. The van der Waals surface area contributed by atoms with Crippen LogP contribution in [0.1, 0.15) is 27.7 Å². The molecule has 0 bridgehead atoms. The molecule has 0 N–H and O–H groups in total. The Kier molecular flexibility index (Phi) is 8.33. The van der Waals surface area contributed by atoms with Crippen molar-refractivity contribution in [3.8, 4) is 0 Å². The van der Waals surface area contributed by atoms with Crippen molar-refractivity contribution in [1.29, 1.82) is 0 Å². The molecule has 0 radical (unpaired) electrons. The number of hydrogen-bond donors (Lipinski definition) is 0. The first-order valence-electron chi connectivity index (χ1n) is 3.46. The number of thiocarbonyl (C=S) groups is 1. The Morgan fingerprint density at radius 1 is 1.18 bits per heavy atom. The van der Waals surface area contributed by atoms with Gasteiger partial charge in [0.25, 0.3) is 0 Å². The molecule has 0 saturated heterocycles. The fraction of sp³-hybridized carbons (Fsp3) is 0.857. The molecule has 0 aliphatic heterocycles. The third-order valence-corrected chi connectivity index (χ3v) is 1.75. The minimum absolute atomic E-state index is 0. The summed E-state index contributed by atoms with van der Waals surface area (Å²) in [6.07, 6.45) is 0. The van der Waals surface area contributed by atoms with Gasteiger partial charge < -0.3 is 29.7 Å². The quantitative estimate of drug-likeness (QED) is 0.433. The maximum atomic E-state index is 4.91. The fourth-order valence-electron chi connectivity index (χ4n) is 1.02. The van der Waals surface area contributed by atoms with Crippen LogP contribution in [0.5, 0.6) is 0 Å². The van der Waals surface area contributed by atoms with Gasteiger partial charge in [0, 0.05) is 12.1 Å². The average Bonchev–Trinajstić information content (AvgIpc) is 1.59. The first-order valence-corrected chi connectivity index (χ1v) is 4.27. The van der Waals surface area contributed by atoms with Crippen molar-refractivity contribution in [2.24, 2.45) is 0 Å². The standard InChI is InChI=1S/C7H15NS2.Ag/c1-5(2)8(6(3)4)7(9)10;/h5-6H,1-4H3,(H,9,10);/q;+1/p-1. The van der Waals surface area contributed by atoms with Crippen molar-refractivity contribution in [3.05, 3.63) is 0 Å². The van der Waals surface area contributed by atoms with E-state index in [0.717, 1.165) is 0 Å². The minimum atomic E-state index is 0. The zero-order valence-electron chi connectivity index (χ0n) is 7.22. The molecular weight excluding hydrogens is 270 g/mol. The molecule has 0 aliphatic carbocycles. The van der Waals surface area contributed by atoms with Crippen molar-refractivity contribution in [2.75, 3.05) is 0 Å². The van der Waals surface area contributed by atoms with Gasteiger partial charge in [-0.3, -0.25) is 0 Å². The van der Waals surface area contributed by atoms with Gasteiger partial charge in [-0.15, -0.1) is 0 Å². The molecule has 0 aromatic heterocycles. The van der Waals surface area contributed by atoms with Crippen molar-refractivity contribution in [1.82, 2.24) is 4.90 Å². The van der Waals surface area contributed by atoms with E-state index in [2.05, 4.69) is 27.7 Å². The maximum absolute atomic E-state index is 4.91. The second kappa shape index (κ2) is 6.38. The molecule has 11 heavy (non-hydrogen) atoms. The molecule has 0 aliphatic rings. The van der Waals surface area contributed by atoms with Crippen LogP contribution in [0.15, 0.2) is 0 Å². The van der Waals surface area contributed by atoms with Crippen molar-refractivity contribution in [2.45, 2.75) is 39.8 Å². The number of rotatable bonds is 2. The van der Waals surface area contributed by atoms with E-state index >= 15 is 0 Å². The Morgan fingerprint density at radius 3 is 1.45 bits per heavy atom. The van der Waals surface area contributed by atoms with Crippen LogP contribution in [0, 0.1) is 0 Å². The van der Waals surface area contributed by atoms with Gasteiger partial charge in [-0.1, -0.05) is 4.32 Å². The largest absolute Gasteiger partial charge is 1.00 e. The van der Waals surface area contributed by atoms with E-state index in [-0.39, 0.29) is 22.4 Å². The van der Waals surface area contributed by atoms with Gasteiger partial charge in [-0.2, -0.15) is 0 Å². The summed E-state index contributed by atoms with van der Waals surface area (Å²) in [5.74, 6) is 0. The molecule has 0 heterocycles. The van der Waals surface area contributed by atoms with Crippen LogP contribution >= 0.6 is 12.2 Å². The second-order valence-corrected chi connectivity index (χ2v) is 3.89. The molecule has 0 atom stereocenters. The van der Waals surface area contributed by atoms with Crippen molar-refractivity contribution < 1.29 is 22.4 Å². The van der Waals surface area contributed by atoms with Crippen LogP contribution in [0.25, 0.3) is 0 Å². The first-order chi connectivity index (χ1) is 4.46. The molecule has 0 rings (SSSR count). The SMILES string of the molecule is CC(C)N(C(=S)[S-])C(C)C.[Ag+]. The zero-order chi connectivity index (χ0) is 8.31. The molecule has 70 valence electrons. The normalized spacial score (nSPS) is 9.64. The van der Waals surface area contributed by atoms with Gasteiger partial charge in [0.15, 0.2) is 0 Å². The topological polar surface area (TPSA) is 3.24 Å². The van der Waals surface area contributed by atoms with Gasteiger partial charge in [0.05, 0.1) is 0 Å². The second-order valence-electron chi connectivity index (χ2n) is 2.86. The molecule has 0 aromatic carbocycles. The summed E-state index contributed by atoms with van der Waals surface area (Å²) in [7, 11) is 0. The Balaban J connectivity index is 0. The van der Waals surface area contributed by atoms with Crippen LogP contribution < -0.4 is 0 Å². The number of hydrogen-bond acceptors (Lipinski definition) is 2. The molecule has 0 amide bonds. The summed E-state index contributed by atoms with van der Waals surface area (Å²) >= 11 is 9.82. The average molecular weight is 284 g/mol. The van der Waals surface area contributed by atoms with Crippen LogP contribution in [0.4, 0.5) is 0 Å². The molecule has 0 unspecified atom stereocenters. The summed E-state index contributed by atoms with van der Waals surface area (Å²) in [5.41, 5.74) is 0. The first kappa shape index (κ1) is 14.4. The van der Waals surface area contributed by atoms with Gasteiger partial charge in [0.2, 0.25) is 0 Å².